The first-order valence-electron chi connectivity index (χ1n) is 10.5. The first-order chi connectivity index (χ1) is 13.7. The molecule has 1 saturated carbocycles. The Morgan fingerprint density at radius 1 is 1.21 bits per heavy atom. The van der Waals surface area contributed by atoms with E-state index in [-0.39, 0.29) is 0 Å². The highest BCUT2D eigenvalue weighted by molar-refractivity contribution is 7.10. The molecule has 1 saturated heterocycles. The van der Waals surface area contributed by atoms with Gasteiger partial charge in [0.25, 0.3) is 0 Å². The largest absolute Gasteiger partial charge is 0.368 e. The van der Waals surface area contributed by atoms with Gasteiger partial charge in [0.05, 0.1) is 11.8 Å². The minimum absolute atomic E-state index is 0.543. The molecule has 0 aromatic carbocycles. The normalized spacial score (nSPS) is 18.8. The van der Waals surface area contributed by atoms with Crippen LogP contribution < -0.4 is 5.32 Å². The zero-order chi connectivity index (χ0) is 19.1. The lowest BCUT2D eigenvalue weighted by Gasteiger charge is -2.31. The van der Waals surface area contributed by atoms with Gasteiger partial charge >= 0.3 is 0 Å². The Morgan fingerprint density at radius 3 is 2.75 bits per heavy atom. The molecule has 0 amide bonds. The molecule has 3 aromatic heterocycles. The van der Waals surface area contributed by atoms with Crippen LogP contribution in [0.3, 0.4) is 0 Å². The van der Waals surface area contributed by atoms with Crippen LogP contribution >= 0.6 is 11.3 Å². The van der Waals surface area contributed by atoms with Crippen molar-refractivity contribution in [2.45, 2.75) is 45.1 Å². The van der Waals surface area contributed by atoms with Crippen molar-refractivity contribution >= 4 is 28.2 Å². The van der Waals surface area contributed by atoms with E-state index in [0.29, 0.717) is 5.92 Å². The molecule has 3 aromatic rings. The van der Waals surface area contributed by atoms with E-state index in [2.05, 4.69) is 51.3 Å². The number of nitrogens with one attached hydrogen (secondary N) is 1. The Balaban J connectivity index is 1.31. The third-order valence-electron chi connectivity index (χ3n) is 6.33. The summed E-state index contributed by atoms with van der Waals surface area (Å²) >= 11 is 1.89. The maximum atomic E-state index is 5.05. The van der Waals surface area contributed by atoms with Gasteiger partial charge in [-0.05, 0) is 74.7 Å². The third-order valence-corrected chi connectivity index (χ3v) is 7.34. The molecule has 28 heavy (non-hydrogen) atoms. The molecule has 1 N–H and O–H groups in total. The van der Waals surface area contributed by atoms with Gasteiger partial charge in [-0.1, -0.05) is 0 Å². The zero-order valence-corrected chi connectivity index (χ0v) is 17.6. The Hall–Kier alpha value is -1.92. The molecule has 1 aliphatic heterocycles. The summed E-state index contributed by atoms with van der Waals surface area (Å²) in [5.41, 5.74) is 4.88. The van der Waals surface area contributed by atoms with Crippen LogP contribution in [0, 0.1) is 12.8 Å². The highest BCUT2D eigenvalue weighted by atomic mass is 32.1. The van der Waals surface area contributed by atoms with Gasteiger partial charge in [0.15, 0.2) is 5.82 Å². The number of fused-ring (bicyclic) bond motifs is 1. The number of pyridine rings is 1. The number of aryl methyl sites for hydroxylation is 2. The second kappa shape index (κ2) is 7.48. The van der Waals surface area contributed by atoms with Gasteiger partial charge in [-0.2, -0.15) is 0 Å². The Morgan fingerprint density at radius 2 is 2.04 bits per heavy atom. The molecule has 0 bridgehead atoms. The minimum atomic E-state index is 0.543. The second-order valence-corrected chi connectivity index (χ2v) is 9.52. The first-order valence-corrected chi connectivity index (χ1v) is 11.4. The van der Waals surface area contributed by atoms with Crippen LogP contribution in [0.4, 0.5) is 5.82 Å². The van der Waals surface area contributed by atoms with Crippen LogP contribution in [0.25, 0.3) is 11.0 Å². The smallest absolute Gasteiger partial charge is 0.154 e. The van der Waals surface area contributed by atoms with E-state index in [4.69, 9.17) is 4.98 Å². The van der Waals surface area contributed by atoms with Crippen LogP contribution in [0.5, 0.6) is 0 Å². The molecule has 2 aliphatic rings. The summed E-state index contributed by atoms with van der Waals surface area (Å²) in [6, 6.07) is 4.50. The molecule has 0 unspecified atom stereocenters. The number of hydrogen-bond acceptors (Lipinski definition) is 5. The summed E-state index contributed by atoms with van der Waals surface area (Å²) in [5.74, 6) is 2.35. The van der Waals surface area contributed by atoms with E-state index in [1.165, 1.54) is 47.3 Å². The molecular weight excluding hydrogens is 366 g/mol. The van der Waals surface area contributed by atoms with Crippen LogP contribution in [-0.4, -0.2) is 39.1 Å². The molecule has 4 heterocycles. The summed E-state index contributed by atoms with van der Waals surface area (Å²) in [4.78, 5) is 13.8. The molecule has 2 fully saturated rings. The predicted octanol–water partition coefficient (Wildman–Crippen LogP) is 4.54. The van der Waals surface area contributed by atoms with Gasteiger partial charge in [-0.15, -0.1) is 11.3 Å². The Kier molecular flexibility index (Phi) is 4.85. The lowest BCUT2D eigenvalue weighted by molar-refractivity contribution is 0.204. The van der Waals surface area contributed by atoms with E-state index in [9.17, 15) is 0 Å². The fraction of sp³-hybridized carbons (Fsp3) is 0.545. The van der Waals surface area contributed by atoms with Crippen molar-refractivity contribution < 1.29 is 0 Å². The van der Waals surface area contributed by atoms with Gasteiger partial charge in [0.1, 0.15) is 5.52 Å². The molecule has 5 nitrogen and oxygen atoms in total. The van der Waals surface area contributed by atoms with Crippen molar-refractivity contribution in [1.29, 1.82) is 0 Å². The van der Waals surface area contributed by atoms with Gasteiger partial charge in [-0.25, -0.2) is 9.97 Å². The monoisotopic (exact) mass is 395 g/mol. The molecule has 0 radical (unpaired) electrons. The van der Waals surface area contributed by atoms with Gasteiger partial charge in [0, 0.05) is 36.6 Å². The van der Waals surface area contributed by atoms with Crippen LogP contribution in [0.2, 0.25) is 0 Å². The Bertz CT molecular complexity index is 963. The van der Waals surface area contributed by atoms with Crippen molar-refractivity contribution in [3.63, 3.8) is 0 Å². The van der Waals surface area contributed by atoms with Crippen LogP contribution in [-0.2, 0) is 13.6 Å². The van der Waals surface area contributed by atoms with Gasteiger partial charge in [-0.3, -0.25) is 4.90 Å². The summed E-state index contributed by atoms with van der Waals surface area (Å²) in [6.07, 6.45) is 6.97. The summed E-state index contributed by atoms with van der Waals surface area (Å²) in [6.45, 7) is 6.65. The molecule has 148 valence electrons. The van der Waals surface area contributed by atoms with E-state index in [0.717, 1.165) is 43.4 Å². The van der Waals surface area contributed by atoms with Crippen LogP contribution in [0.1, 0.15) is 47.7 Å². The topological polar surface area (TPSA) is 46.0 Å². The molecular formula is C22H29N5S. The number of thiophene rings is 1. The SMILES string of the molecule is Cc1ccsc1CN1CCC(c2cc3c(ncn3C)c(NCC3CC3)n2)CC1. The highest BCUT2D eigenvalue weighted by Crippen LogP contribution is 2.33. The average molecular weight is 396 g/mol. The van der Waals surface area contributed by atoms with E-state index in [1.54, 1.807) is 0 Å². The average Bonchev–Trinajstić information content (AvgIpc) is 3.35. The number of likely N-dealkylation sites (tertiary alicyclic amines) is 1. The standard InChI is InChI=1S/C22H29N5S/c1-15-7-10-28-20(15)13-27-8-5-17(6-9-27)18-11-19-21(24-14-26(19)2)22(25-18)23-12-16-3-4-16/h7,10-11,14,16-17H,3-6,8-9,12-13H2,1-2H3,(H,23,25). The number of imidazole rings is 1. The second-order valence-electron chi connectivity index (χ2n) is 8.52. The summed E-state index contributed by atoms with van der Waals surface area (Å²) in [5, 5.41) is 5.80. The number of hydrogen-bond donors (Lipinski definition) is 1. The molecule has 1 aliphatic carbocycles. The Labute approximate surface area is 170 Å². The van der Waals surface area contributed by atoms with Crippen molar-refractivity contribution in [3.05, 3.63) is 40.0 Å². The van der Waals surface area contributed by atoms with Crippen molar-refractivity contribution in [1.82, 2.24) is 19.4 Å². The number of nitrogens with zero attached hydrogens (tertiary/aromatic N) is 4. The van der Waals surface area contributed by atoms with Crippen LogP contribution in [0.15, 0.2) is 23.8 Å². The van der Waals surface area contributed by atoms with Crippen molar-refractivity contribution in [3.8, 4) is 0 Å². The molecule has 0 spiro atoms. The number of aromatic nitrogens is 3. The van der Waals surface area contributed by atoms with E-state index < -0.39 is 0 Å². The lowest BCUT2D eigenvalue weighted by atomic mass is 9.92. The fourth-order valence-corrected chi connectivity index (χ4v) is 5.15. The maximum absolute atomic E-state index is 5.05. The van der Waals surface area contributed by atoms with Crippen molar-refractivity contribution in [2.24, 2.45) is 13.0 Å². The molecule has 6 heteroatoms. The number of anilines is 1. The third kappa shape index (κ3) is 3.67. The zero-order valence-electron chi connectivity index (χ0n) is 16.8. The minimum Gasteiger partial charge on any atom is -0.368 e. The first kappa shape index (κ1) is 18.1. The van der Waals surface area contributed by atoms with E-state index >= 15 is 0 Å². The fourth-order valence-electron chi connectivity index (χ4n) is 4.20. The van der Waals surface area contributed by atoms with Gasteiger partial charge < -0.3 is 9.88 Å². The number of rotatable bonds is 6. The molecule has 0 atom stereocenters. The van der Waals surface area contributed by atoms with E-state index in [1.807, 2.05) is 17.7 Å². The quantitative estimate of drug-likeness (QED) is 0.666. The summed E-state index contributed by atoms with van der Waals surface area (Å²) in [7, 11) is 2.08. The van der Waals surface area contributed by atoms with Gasteiger partial charge in [0.2, 0.25) is 0 Å². The highest BCUT2D eigenvalue weighted by Gasteiger charge is 2.25. The number of piperidine rings is 1. The summed E-state index contributed by atoms with van der Waals surface area (Å²) < 4.78 is 2.12. The lowest BCUT2D eigenvalue weighted by Crippen LogP contribution is -2.32. The maximum Gasteiger partial charge on any atom is 0.154 e. The predicted molar refractivity (Wildman–Crippen MR) is 116 cm³/mol. The molecule has 5 rings (SSSR count). The van der Waals surface area contributed by atoms with Crippen molar-refractivity contribution in [2.75, 3.05) is 25.0 Å².